The van der Waals surface area contributed by atoms with E-state index in [1.54, 1.807) is 42.6 Å². The first-order valence-corrected chi connectivity index (χ1v) is 13.9. The van der Waals surface area contributed by atoms with Gasteiger partial charge in [0.2, 0.25) is 0 Å². The maximum atomic E-state index is 13.7. The van der Waals surface area contributed by atoms with Crippen molar-refractivity contribution in [3.8, 4) is 44.7 Å². The van der Waals surface area contributed by atoms with Crippen molar-refractivity contribution in [3.05, 3.63) is 121 Å². The van der Waals surface area contributed by atoms with Crippen LogP contribution in [0.2, 0.25) is 0 Å². The number of carbonyl (C=O) groups excluding carboxylic acids is 2. The summed E-state index contributed by atoms with van der Waals surface area (Å²) >= 11 is 1.48. The normalized spacial score (nSPS) is 10.7. The van der Waals surface area contributed by atoms with Crippen LogP contribution >= 0.6 is 11.3 Å². The van der Waals surface area contributed by atoms with Crippen LogP contribution in [-0.4, -0.2) is 27.9 Å². The van der Waals surface area contributed by atoms with Crippen LogP contribution in [0.15, 0.2) is 109 Å². The van der Waals surface area contributed by atoms with Crippen molar-refractivity contribution in [2.24, 2.45) is 0 Å². The summed E-state index contributed by atoms with van der Waals surface area (Å²) in [6.07, 6.45) is 3.12. The lowest BCUT2D eigenvalue weighted by Gasteiger charge is -2.23. The standard InChI is InChI=1S/C33H20F2N4O4S/c34-22-1-5-24(6-2-22)39(25-7-3-23(35)4-8-25)33-10-9-32(44-33)21-11-13-36-28(15-21)30-17-27(43-20-41)18-31(38-30)29-16-26(42-19-40)12-14-37-29/h1-20H. The molecule has 0 aliphatic carbocycles. The fourth-order valence-corrected chi connectivity index (χ4v) is 5.53. The minimum atomic E-state index is -0.360. The molecule has 11 heteroatoms. The third-order valence-electron chi connectivity index (χ3n) is 6.45. The van der Waals surface area contributed by atoms with Crippen molar-refractivity contribution in [1.29, 1.82) is 0 Å². The van der Waals surface area contributed by atoms with Gasteiger partial charge >= 0.3 is 0 Å². The van der Waals surface area contributed by atoms with Gasteiger partial charge in [-0.05, 0) is 84.4 Å². The molecule has 44 heavy (non-hydrogen) atoms. The van der Waals surface area contributed by atoms with Crippen LogP contribution in [0.3, 0.4) is 0 Å². The van der Waals surface area contributed by atoms with Gasteiger partial charge in [-0.25, -0.2) is 13.8 Å². The number of pyridine rings is 3. The Hall–Kier alpha value is -5.81. The smallest absolute Gasteiger partial charge is 0.298 e. The van der Waals surface area contributed by atoms with E-state index in [0.717, 1.165) is 15.4 Å². The molecule has 0 amide bonds. The molecule has 6 rings (SSSR count). The van der Waals surface area contributed by atoms with Crippen LogP contribution in [0.1, 0.15) is 0 Å². The zero-order valence-corrected chi connectivity index (χ0v) is 23.4. The van der Waals surface area contributed by atoms with E-state index in [1.165, 1.54) is 53.9 Å². The molecule has 0 saturated heterocycles. The second kappa shape index (κ2) is 12.6. The minimum absolute atomic E-state index is 0.225. The molecule has 6 aromatic rings. The van der Waals surface area contributed by atoms with E-state index in [2.05, 4.69) is 15.0 Å². The number of hydrogen-bond donors (Lipinski definition) is 0. The van der Waals surface area contributed by atoms with Crippen molar-refractivity contribution in [2.75, 3.05) is 4.90 Å². The molecular weight excluding hydrogens is 586 g/mol. The van der Waals surface area contributed by atoms with Gasteiger partial charge in [-0.15, -0.1) is 11.3 Å². The zero-order valence-electron chi connectivity index (χ0n) is 22.6. The highest BCUT2D eigenvalue weighted by Crippen LogP contribution is 2.42. The molecule has 0 N–H and O–H groups in total. The lowest BCUT2D eigenvalue weighted by molar-refractivity contribution is -0.121. The topological polar surface area (TPSA) is 94.5 Å². The van der Waals surface area contributed by atoms with Gasteiger partial charge in [0.15, 0.2) is 0 Å². The second-order valence-electron chi connectivity index (χ2n) is 9.23. The van der Waals surface area contributed by atoms with E-state index in [0.29, 0.717) is 47.1 Å². The summed E-state index contributed by atoms with van der Waals surface area (Å²) in [4.78, 5) is 38.3. The Labute approximate surface area is 253 Å². The van der Waals surface area contributed by atoms with Crippen molar-refractivity contribution in [1.82, 2.24) is 15.0 Å². The van der Waals surface area contributed by atoms with Crippen molar-refractivity contribution in [2.45, 2.75) is 0 Å². The first kappa shape index (κ1) is 28.3. The van der Waals surface area contributed by atoms with E-state index >= 15 is 0 Å². The Morgan fingerprint density at radius 2 is 1.16 bits per heavy atom. The Kier molecular flexibility index (Phi) is 8.10. The molecule has 0 radical (unpaired) electrons. The molecule has 0 aliphatic heterocycles. The largest absolute Gasteiger partial charge is 0.429 e. The number of nitrogens with zero attached hydrogens (tertiary/aromatic N) is 4. The van der Waals surface area contributed by atoms with Crippen LogP contribution in [0.4, 0.5) is 25.2 Å². The fourth-order valence-electron chi connectivity index (χ4n) is 4.48. The summed E-state index contributed by atoms with van der Waals surface area (Å²) in [5.74, 6) is -0.218. The van der Waals surface area contributed by atoms with Gasteiger partial charge in [0.1, 0.15) is 28.1 Å². The van der Waals surface area contributed by atoms with Crippen LogP contribution in [-0.2, 0) is 9.59 Å². The van der Waals surface area contributed by atoms with E-state index in [4.69, 9.17) is 9.47 Å². The van der Waals surface area contributed by atoms with Gasteiger partial charge in [-0.1, -0.05) is 0 Å². The zero-order chi connectivity index (χ0) is 30.5. The van der Waals surface area contributed by atoms with E-state index in [1.807, 2.05) is 29.2 Å². The first-order chi connectivity index (χ1) is 21.5. The number of hydrogen-bond acceptors (Lipinski definition) is 9. The Bertz CT molecular complexity index is 1900. The summed E-state index contributed by atoms with van der Waals surface area (Å²) in [5, 5.41) is 0.821. The number of ether oxygens (including phenoxy) is 2. The number of benzene rings is 2. The molecule has 4 heterocycles. The lowest BCUT2D eigenvalue weighted by atomic mass is 10.1. The quantitative estimate of drug-likeness (QED) is 0.146. The average Bonchev–Trinajstić information content (AvgIpc) is 3.53. The molecule has 0 unspecified atom stereocenters. The molecule has 216 valence electrons. The van der Waals surface area contributed by atoms with Gasteiger partial charge in [0, 0.05) is 46.8 Å². The summed E-state index contributed by atoms with van der Waals surface area (Å²) in [7, 11) is 0. The summed E-state index contributed by atoms with van der Waals surface area (Å²) in [6.45, 7) is 0.626. The molecule has 0 fully saturated rings. The average molecular weight is 607 g/mol. The van der Waals surface area contributed by atoms with Crippen LogP contribution < -0.4 is 14.4 Å². The molecule has 8 nitrogen and oxygen atoms in total. The van der Waals surface area contributed by atoms with Crippen molar-refractivity contribution >= 4 is 40.7 Å². The monoisotopic (exact) mass is 606 g/mol. The first-order valence-electron chi connectivity index (χ1n) is 13.1. The Morgan fingerprint density at radius 3 is 1.77 bits per heavy atom. The molecule has 0 atom stereocenters. The van der Waals surface area contributed by atoms with Crippen molar-refractivity contribution in [3.63, 3.8) is 0 Å². The van der Waals surface area contributed by atoms with Crippen LogP contribution in [0.5, 0.6) is 11.5 Å². The number of anilines is 3. The fraction of sp³-hybridized carbons (Fsp3) is 0. The highest BCUT2D eigenvalue weighted by molar-refractivity contribution is 7.19. The molecule has 4 aromatic heterocycles. The maximum absolute atomic E-state index is 13.7. The molecule has 0 bridgehead atoms. The molecule has 0 aliphatic rings. The number of thiophene rings is 1. The number of halogens is 2. The van der Waals surface area contributed by atoms with E-state index in [-0.39, 0.29) is 23.1 Å². The third kappa shape index (κ3) is 6.18. The number of rotatable bonds is 10. The SMILES string of the molecule is O=COc1ccnc(-c2cc(OC=O)cc(-c3cc(-c4ccc(N(c5ccc(F)cc5)c5ccc(F)cc5)s4)ccn3)n2)c1. The third-order valence-corrected chi connectivity index (χ3v) is 7.57. The summed E-state index contributed by atoms with van der Waals surface area (Å²) in [6, 6.07) is 25.9. The van der Waals surface area contributed by atoms with Gasteiger partial charge in [-0.2, -0.15) is 0 Å². The molecule has 0 spiro atoms. The predicted octanol–water partition coefficient (Wildman–Crippen LogP) is 7.75. The van der Waals surface area contributed by atoms with Gasteiger partial charge in [0.05, 0.1) is 22.8 Å². The van der Waals surface area contributed by atoms with E-state index < -0.39 is 0 Å². The minimum Gasteiger partial charge on any atom is -0.429 e. The predicted molar refractivity (Wildman–Crippen MR) is 162 cm³/mol. The van der Waals surface area contributed by atoms with Crippen LogP contribution in [0.25, 0.3) is 33.2 Å². The lowest BCUT2D eigenvalue weighted by Crippen LogP contribution is -2.08. The Balaban J connectivity index is 1.38. The highest BCUT2D eigenvalue weighted by atomic mass is 32.1. The number of aromatic nitrogens is 3. The van der Waals surface area contributed by atoms with Gasteiger partial charge in [0.25, 0.3) is 12.9 Å². The Morgan fingerprint density at radius 1 is 0.614 bits per heavy atom. The van der Waals surface area contributed by atoms with Gasteiger partial charge < -0.3 is 14.4 Å². The number of carbonyl (C=O) groups is 2. The van der Waals surface area contributed by atoms with Crippen LogP contribution in [0, 0.1) is 11.6 Å². The highest BCUT2D eigenvalue weighted by Gasteiger charge is 2.17. The maximum Gasteiger partial charge on any atom is 0.298 e. The second-order valence-corrected chi connectivity index (χ2v) is 10.3. The summed E-state index contributed by atoms with van der Waals surface area (Å²) < 4.78 is 37.5. The molecule has 2 aromatic carbocycles. The van der Waals surface area contributed by atoms with Gasteiger partial charge in [-0.3, -0.25) is 19.6 Å². The molecule has 0 saturated carbocycles. The molecular formula is C33H20F2N4O4S. The van der Waals surface area contributed by atoms with E-state index in [9.17, 15) is 18.4 Å². The van der Waals surface area contributed by atoms with Crippen molar-refractivity contribution < 1.29 is 27.8 Å². The summed E-state index contributed by atoms with van der Waals surface area (Å²) in [5.41, 5.74) is 3.95.